The Bertz CT molecular complexity index is 1590. The third-order valence-corrected chi connectivity index (χ3v) is 8.64. The van der Waals surface area contributed by atoms with Gasteiger partial charge in [-0.1, -0.05) is 53.5 Å². The van der Waals surface area contributed by atoms with Crippen molar-refractivity contribution < 1.29 is 14.3 Å². The number of rotatable bonds is 11. The standard InChI is InChI=1S/C30H31N7O3S2/c38-29-27(42-30(41)37(29)10-4-3-7-28-32-34-35-33-28)18-21-8-9-26(40-16-13-36-11-14-39-15-12-36)24(17-21)23-19-22-5-1-2-6-25(22)31-20-23/h1-2,5-6,8-9,17-20H,3-4,7,10-16H2,(H,32,33,34,35). The first-order valence-electron chi connectivity index (χ1n) is 14.0. The molecule has 4 heterocycles. The molecule has 0 bridgehead atoms. The molecule has 0 atom stereocenters. The lowest BCUT2D eigenvalue weighted by Crippen LogP contribution is -2.38. The van der Waals surface area contributed by atoms with Crippen LogP contribution in [0.5, 0.6) is 5.75 Å². The minimum Gasteiger partial charge on any atom is -0.492 e. The van der Waals surface area contributed by atoms with Gasteiger partial charge in [0.15, 0.2) is 5.82 Å². The number of tetrazole rings is 1. The number of aryl methyl sites for hydroxylation is 1. The molecule has 6 rings (SSSR count). The summed E-state index contributed by atoms with van der Waals surface area (Å²) >= 11 is 6.90. The predicted molar refractivity (Wildman–Crippen MR) is 167 cm³/mol. The Morgan fingerprint density at radius 2 is 1.98 bits per heavy atom. The smallest absolute Gasteiger partial charge is 0.266 e. The van der Waals surface area contributed by atoms with E-state index < -0.39 is 0 Å². The summed E-state index contributed by atoms with van der Waals surface area (Å²) in [7, 11) is 0. The average molecular weight is 602 g/mol. The summed E-state index contributed by atoms with van der Waals surface area (Å²) in [5, 5.41) is 15.0. The first kappa shape index (κ1) is 28.4. The van der Waals surface area contributed by atoms with E-state index in [0.29, 0.717) is 34.6 Å². The molecule has 2 saturated heterocycles. The van der Waals surface area contributed by atoms with Crippen molar-refractivity contribution in [1.29, 1.82) is 0 Å². The van der Waals surface area contributed by atoms with E-state index in [1.165, 1.54) is 11.8 Å². The van der Waals surface area contributed by atoms with Gasteiger partial charge in [0.1, 0.15) is 16.7 Å². The number of carbonyl (C=O) groups is 1. The molecule has 10 nitrogen and oxygen atoms in total. The maximum absolute atomic E-state index is 13.3. The van der Waals surface area contributed by atoms with Crippen LogP contribution in [0.15, 0.2) is 59.6 Å². The molecule has 0 radical (unpaired) electrons. The molecule has 1 N–H and O–H groups in total. The molecule has 2 aromatic heterocycles. The molecule has 12 heteroatoms. The molecule has 4 aromatic rings. The van der Waals surface area contributed by atoms with Gasteiger partial charge in [-0.2, -0.15) is 5.21 Å². The topological polar surface area (TPSA) is 109 Å². The van der Waals surface area contributed by atoms with Crippen molar-refractivity contribution in [2.75, 3.05) is 46.0 Å². The van der Waals surface area contributed by atoms with Gasteiger partial charge in [-0.25, -0.2) is 0 Å². The fourth-order valence-electron chi connectivity index (χ4n) is 5.00. The highest BCUT2D eigenvalue weighted by Crippen LogP contribution is 2.36. The Balaban J connectivity index is 1.19. The van der Waals surface area contributed by atoms with Crippen molar-refractivity contribution in [3.63, 3.8) is 0 Å². The van der Waals surface area contributed by atoms with E-state index in [9.17, 15) is 4.79 Å². The van der Waals surface area contributed by atoms with Crippen LogP contribution in [-0.2, 0) is 16.0 Å². The lowest BCUT2D eigenvalue weighted by Gasteiger charge is -2.26. The molecule has 0 spiro atoms. The lowest BCUT2D eigenvalue weighted by molar-refractivity contribution is -0.122. The average Bonchev–Trinajstić information content (AvgIpc) is 3.63. The van der Waals surface area contributed by atoms with Crippen LogP contribution in [0.1, 0.15) is 24.2 Å². The van der Waals surface area contributed by atoms with E-state index in [-0.39, 0.29) is 5.91 Å². The SMILES string of the molecule is O=C1C(=Cc2ccc(OCCN3CCOCC3)c(-c3cnc4ccccc4c3)c2)SC(=S)N1CCCCc1nn[nH]n1. The Hall–Kier alpha value is -3.71. The third-order valence-electron chi connectivity index (χ3n) is 7.27. The first-order valence-corrected chi connectivity index (χ1v) is 15.3. The molecule has 1 amide bonds. The van der Waals surface area contributed by atoms with Gasteiger partial charge in [0.2, 0.25) is 0 Å². The Morgan fingerprint density at radius 1 is 1.10 bits per heavy atom. The van der Waals surface area contributed by atoms with E-state index in [2.05, 4.69) is 48.7 Å². The lowest BCUT2D eigenvalue weighted by atomic mass is 10.0. The van der Waals surface area contributed by atoms with Gasteiger partial charge >= 0.3 is 0 Å². The van der Waals surface area contributed by atoms with Crippen LogP contribution in [0.2, 0.25) is 0 Å². The number of thioether (sulfide) groups is 1. The number of morpholine rings is 1. The van der Waals surface area contributed by atoms with Crippen molar-refractivity contribution in [2.45, 2.75) is 19.3 Å². The summed E-state index contributed by atoms with van der Waals surface area (Å²) in [6.07, 6.45) is 6.13. The third kappa shape index (κ3) is 6.84. The number of benzene rings is 2. The second kappa shape index (κ2) is 13.5. The zero-order chi connectivity index (χ0) is 28.7. The molecule has 2 aliphatic heterocycles. The minimum atomic E-state index is -0.0654. The maximum atomic E-state index is 13.3. The quantitative estimate of drug-likeness (QED) is 0.151. The van der Waals surface area contributed by atoms with Gasteiger partial charge in [0.25, 0.3) is 5.91 Å². The van der Waals surface area contributed by atoms with Crippen LogP contribution in [0.3, 0.4) is 0 Å². The molecule has 216 valence electrons. The van der Waals surface area contributed by atoms with Gasteiger partial charge in [-0.15, -0.1) is 10.2 Å². The van der Waals surface area contributed by atoms with Gasteiger partial charge < -0.3 is 9.47 Å². The molecule has 2 aromatic carbocycles. The minimum absolute atomic E-state index is 0.0654. The van der Waals surface area contributed by atoms with Crippen molar-refractivity contribution >= 4 is 51.2 Å². The number of hydrogen-bond acceptors (Lipinski definition) is 10. The normalized spacial score (nSPS) is 17.0. The van der Waals surface area contributed by atoms with Gasteiger partial charge in [-0.3, -0.25) is 19.6 Å². The summed E-state index contributed by atoms with van der Waals surface area (Å²) in [6.45, 7) is 5.31. The fourth-order valence-corrected chi connectivity index (χ4v) is 6.31. The van der Waals surface area contributed by atoms with Crippen LogP contribution in [0.4, 0.5) is 0 Å². The Kier molecular flexibility index (Phi) is 9.14. The second-order valence-corrected chi connectivity index (χ2v) is 11.8. The summed E-state index contributed by atoms with van der Waals surface area (Å²) < 4.78 is 12.4. The Labute approximate surface area is 253 Å². The predicted octanol–water partition coefficient (Wildman–Crippen LogP) is 4.35. The number of thiocarbonyl (C=S) groups is 1. The number of H-pyrrole nitrogens is 1. The number of nitrogens with one attached hydrogen (secondary N) is 1. The highest BCUT2D eigenvalue weighted by molar-refractivity contribution is 8.26. The molecular weight excluding hydrogens is 571 g/mol. The van der Waals surface area contributed by atoms with Crippen molar-refractivity contribution in [3.8, 4) is 16.9 Å². The van der Waals surface area contributed by atoms with Crippen molar-refractivity contribution in [2.24, 2.45) is 0 Å². The Morgan fingerprint density at radius 3 is 2.83 bits per heavy atom. The summed E-state index contributed by atoms with van der Waals surface area (Å²) in [5.74, 6) is 1.39. The number of unbranched alkanes of at least 4 members (excludes halogenated alkanes) is 1. The second-order valence-electron chi connectivity index (χ2n) is 10.1. The van der Waals surface area contributed by atoms with Gasteiger partial charge in [0, 0.05) is 55.3 Å². The monoisotopic (exact) mass is 601 g/mol. The number of ether oxygens (including phenoxy) is 2. The number of fused-ring (bicyclic) bond motifs is 1. The van der Waals surface area contributed by atoms with Crippen molar-refractivity contribution in [1.82, 2.24) is 35.4 Å². The number of nitrogens with zero attached hydrogens (tertiary/aromatic N) is 6. The van der Waals surface area contributed by atoms with E-state index >= 15 is 0 Å². The van der Waals surface area contributed by atoms with Gasteiger partial charge in [-0.05, 0) is 48.7 Å². The number of pyridine rings is 1. The summed E-state index contributed by atoms with van der Waals surface area (Å²) in [4.78, 5) is 22.6. The number of amides is 1. The fraction of sp³-hybridized carbons (Fsp3) is 0.333. The number of aromatic nitrogens is 5. The maximum Gasteiger partial charge on any atom is 0.266 e. The van der Waals surface area contributed by atoms with Crippen LogP contribution in [0.25, 0.3) is 28.1 Å². The molecular formula is C30H31N7O3S2. The molecule has 42 heavy (non-hydrogen) atoms. The van der Waals surface area contributed by atoms with Crippen LogP contribution >= 0.6 is 24.0 Å². The molecule has 0 saturated carbocycles. The van der Waals surface area contributed by atoms with Crippen LogP contribution < -0.4 is 4.74 Å². The number of hydrogen-bond donors (Lipinski definition) is 1. The number of para-hydroxylation sites is 1. The van der Waals surface area contributed by atoms with E-state index in [1.807, 2.05) is 42.6 Å². The highest BCUT2D eigenvalue weighted by atomic mass is 32.2. The van der Waals surface area contributed by atoms with E-state index in [4.69, 9.17) is 21.7 Å². The zero-order valence-corrected chi connectivity index (χ0v) is 24.7. The van der Waals surface area contributed by atoms with Crippen molar-refractivity contribution in [3.05, 3.63) is 71.0 Å². The van der Waals surface area contributed by atoms with E-state index in [1.54, 1.807) is 4.90 Å². The molecule has 2 aliphatic rings. The first-order chi connectivity index (χ1) is 20.6. The van der Waals surface area contributed by atoms with E-state index in [0.717, 1.165) is 79.0 Å². The van der Waals surface area contributed by atoms with Gasteiger partial charge in [0.05, 0.1) is 23.6 Å². The number of aromatic amines is 1. The summed E-state index contributed by atoms with van der Waals surface area (Å²) in [5.41, 5.74) is 3.73. The largest absolute Gasteiger partial charge is 0.492 e. The molecule has 0 aliphatic carbocycles. The summed E-state index contributed by atoms with van der Waals surface area (Å²) in [6, 6.07) is 16.2. The molecule has 0 unspecified atom stereocenters. The zero-order valence-electron chi connectivity index (χ0n) is 23.1. The molecule has 2 fully saturated rings. The van der Waals surface area contributed by atoms with Crippen LogP contribution in [0, 0.1) is 0 Å². The van der Waals surface area contributed by atoms with Crippen LogP contribution in [-0.4, -0.2) is 91.6 Å². The number of carbonyl (C=O) groups excluding carboxylic acids is 1. The highest BCUT2D eigenvalue weighted by Gasteiger charge is 2.31.